The van der Waals surface area contributed by atoms with Gasteiger partial charge in [-0.1, -0.05) is 19.3 Å². The summed E-state index contributed by atoms with van der Waals surface area (Å²) in [7, 11) is 1.86. The molecule has 3 N–H and O–H groups in total. The molecule has 0 unspecified atom stereocenters. The maximum absolute atomic E-state index is 11.8. The molecule has 4 heteroatoms. The van der Waals surface area contributed by atoms with Crippen molar-refractivity contribution >= 4 is 6.03 Å². The summed E-state index contributed by atoms with van der Waals surface area (Å²) in [6.07, 6.45) is 5.71. The molecule has 1 aliphatic rings. The number of nitrogens with zero attached hydrogens (tertiary/aromatic N) is 1. The average molecular weight is 213 g/mol. The van der Waals surface area contributed by atoms with Crippen LogP contribution in [0.4, 0.5) is 4.79 Å². The Hall–Kier alpha value is -0.770. The molecule has 0 aromatic carbocycles. The van der Waals surface area contributed by atoms with Crippen molar-refractivity contribution in [1.29, 1.82) is 0 Å². The van der Waals surface area contributed by atoms with E-state index >= 15 is 0 Å². The molecule has 0 bridgehead atoms. The molecular formula is C11H23N3O. The number of carbonyl (C=O) groups is 1. The van der Waals surface area contributed by atoms with E-state index in [2.05, 4.69) is 5.32 Å². The number of urea groups is 1. The first kappa shape index (κ1) is 12.3. The molecule has 4 nitrogen and oxygen atoms in total. The molecule has 0 saturated heterocycles. The summed E-state index contributed by atoms with van der Waals surface area (Å²) in [5, 5.41) is 2.83. The molecule has 1 rings (SSSR count). The first-order valence-corrected chi connectivity index (χ1v) is 5.88. The van der Waals surface area contributed by atoms with Crippen molar-refractivity contribution in [3.8, 4) is 0 Å². The van der Waals surface area contributed by atoms with E-state index in [9.17, 15) is 4.79 Å². The summed E-state index contributed by atoms with van der Waals surface area (Å²) in [4.78, 5) is 13.6. The highest BCUT2D eigenvalue weighted by Crippen LogP contribution is 2.31. The number of hydrogen-bond donors (Lipinski definition) is 2. The van der Waals surface area contributed by atoms with Crippen molar-refractivity contribution in [2.45, 2.75) is 44.6 Å². The molecule has 0 radical (unpaired) electrons. The van der Waals surface area contributed by atoms with Crippen LogP contribution in [0.3, 0.4) is 0 Å². The molecule has 15 heavy (non-hydrogen) atoms. The van der Waals surface area contributed by atoms with Crippen LogP contribution in [-0.4, -0.2) is 36.6 Å². The summed E-state index contributed by atoms with van der Waals surface area (Å²) in [6, 6.07) is 0.00449. The van der Waals surface area contributed by atoms with Crippen LogP contribution in [0.5, 0.6) is 0 Å². The van der Waals surface area contributed by atoms with E-state index in [0.717, 1.165) is 12.8 Å². The standard InChI is InChI=1S/C11H23N3O/c1-3-13-10(15)14(2)11(9-12)7-5-4-6-8-11/h3-9,12H2,1-2H3,(H,13,15). The average Bonchev–Trinajstić information content (AvgIpc) is 2.29. The molecule has 1 fully saturated rings. The van der Waals surface area contributed by atoms with Crippen LogP contribution in [0.1, 0.15) is 39.0 Å². The smallest absolute Gasteiger partial charge is 0.317 e. The molecular weight excluding hydrogens is 190 g/mol. The van der Waals surface area contributed by atoms with Gasteiger partial charge in [0.05, 0.1) is 5.54 Å². The van der Waals surface area contributed by atoms with Crippen molar-refractivity contribution in [3.63, 3.8) is 0 Å². The Morgan fingerprint density at radius 3 is 2.47 bits per heavy atom. The highest BCUT2D eigenvalue weighted by Gasteiger charge is 2.37. The highest BCUT2D eigenvalue weighted by molar-refractivity contribution is 5.74. The Kier molecular flexibility index (Phi) is 4.39. The lowest BCUT2D eigenvalue weighted by Gasteiger charge is -2.43. The zero-order valence-electron chi connectivity index (χ0n) is 9.88. The summed E-state index contributed by atoms with van der Waals surface area (Å²) in [5.41, 5.74) is 5.75. The Bertz CT molecular complexity index is 212. The zero-order valence-corrected chi connectivity index (χ0v) is 9.88. The Morgan fingerprint density at radius 1 is 1.40 bits per heavy atom. The summed E-state index contributed by atoms with van der Waals surface area (Å²) in [6.45, 7) is 3.17. The van der Waals surface area contributed by atoms with E-state index in [-0.39, 0.29) is 11.6 Å². The van der Waals surface area contributed by atoms with E-state index in [0.29, 0.717) is 13.1 Å². The van der Waals surface area contributed by atoms with Crippen LogP contribution in [0, 0.1) is 0 Å². The van der Waals surface area contributed by atoms with Gasteiger partial charge in [0.2, 0.25) is 0 Å². The van der Waals surface area contributed by atoms with Gasteiger partial charge < -0.3 is 16.0 Å². The molecule has 0 aliphatic heterocycles. The number of nitrogens with one attached hydrogen (secondary N) is 1. The lowest BCUT2D eigenvalue weighted by Crippen LogP contribution is -2.57. The minimum absolute atomic E-state index is 0.00449. The Morgan fingerprint density at radius 2 is 2.00 bits per heavy atom. The fourth-order valence-corrected chi connectivity index (χ4v) is 2.37. The van der Waals surface area contributed by atoms with Crippen molar-refractivity contribution in [2.75, 3.05) is 20.1 Å². The van der Waals surface area contributed by atoms with E-state index in [1.54, 1.807) is 0 Å². The van der Waals surface area contributed by atoms with E-state index in [1.165, 1.54) is 19.3 Å². The van der Waals surface area contributed by atoms with Gasteiger partial charge in [-0.15, -0.1) is 0 Å². The molecule has 88 valence electrons. The van der Waals surface area contributed by atoms with Crippen LogP contribution in [0.25, 0.3) is 0 Å². The molecule has 2 amide bonds. The fourth-order valence-electron chi connectivity index (χ4n) is 2.37. The molecule has 0 atom stereocenters. The molecule has 0 heterocycles. The fraction of sp³-hybridized carbons (Fsp3) is 0.909. The third-order valence-electron chi connectivity index (χ3n) is 3.51. The molecule has 0 aromatic rings. The summed E-state index contributed by atoms with van der Waals surface area (Å²) in [5.74, 6) is 0. The second-order valence-electron chi connectivity index (χ2n) is 4.38. The minimum atomic E-state index is -0.0997. The van der Waals surface area contributed by atoms with Crippen molar-refractivity contribution in [1.82, 2.24) is 10.2 Å². The van der Waals surface area contributed by atoms with E-state index in [4.69, 9.17) is 5.73 Å². The minimum Gasteiger partial charge on any atom is -0.338 e. The van der Waals surface area contributed by atoms with Gasteiger partial charge in [0, 0.05) is 20.1 Å². The SMILES string of the molecule is CCNC(=O)N(C)C1(CN)CCCCC1. The number of amides is 2. The highest BCUT2D eigenvalue weighted by atomic mass is 16.2. The van der Waals surface area contributed by atoms with Gasteiger partial charge in [-0.2, -0.15) is 0 Å². The number of nitrogens with two attached hydrogens (primary N) is 1. The van der Waals surface area contributed by atoms with E-state index in [1.807, 2.05) is 18.9 Å². The van der Waals surface area contributed by atoms with Crippen LogP contribution >= 0.6 is 0 Å². The van der Waals surface area contributed by atoms with Crippen LogP contribution < -0.4 is 11.1 Å². The van der Waals surface area contributed by atoms with Crippen molar-refractivity contribution < 1.29 is 4.79 Å². The molecule has 1 saturated carbocycles. The third kappa shape index (κ3) is 2.62. The number of likely N-dealkylation sites (N-methyl/N-ethyl adjacent to an activating group) is 1. The number of carbonyl (C=O) groups excluding carboxylic acids is 1. The van der Waals surface area contributed by atoms with Crippen molar-refractivity contribution in [3.05, 3.63) is 0 Å². The predicted octanol–water partition coefficient (Wildman–Crippen LogP) is 1.31. The number of hydrogen-bond acceptors (Lipinski definition) is 2. The molecule has 0 aromatic heterocycles. The lowest BCUT2D eigenvalue weighted by molar-refractivity contribution is 0.104. The Balaban J connectivity index is 2.66. The first-order chi connectivity index (χ1) is 7.16. The van der Waals surface area contributed by atoms with Gasteiger partial charge in [0.15, 0.2) is 0 Å². The van der Waals surface area contributed by atoms with Gasteiger partial charge in [-0.25, -0.2) is 4.79 Å². The maximum atomic E-state index is 11.8. The predicted molar refractivity (Wildman–Crippen MR) is 61.7 cm³/mol. The monoisotopic (exact) mass is 213 g/mol. The zero-order chi connectivity index (χ0) is 11.3. The summed E-state index contributed by atoms with van der Waals surface area (Å²) >= 11 is 0. The van der Waals surface area contributed by atoms with Crippen LogP contribution in [0.15, 0.2) is 0 Å². The van der Waals surface area contributed by atoms with Gasteiger partial charge in [0.25, 0.3) is 0 Å². The van der Waals surface area contributed by atoms with Crippen LogP contribution in [0.2, 0.25) is 0 Å². The largest absolute Gasteiger partial charge is 0.338 e. The summed E-state index contributed by atoms with van der Waals surface area (Å²) < 4.78 is 0. The normalized spacial score (nSPS) is 19.7. The van der Waals surface area contributed by atoms with Gasteiger partial charge in [-0.05, 0) is 19.8 Å². The van der Waals surface area contributed by atoms with Gasteiger partial charge >= 0.3 is 6.03 Å². The molecule has 1 aliphatic carbocycles. The second-order valence-corrected chi connectivity index (χ2v) is 4.38. The van der Waals surface area contributed by atoms with Crippen molar-refractivity contribution in [2.24, 2.45) is 5.73 Å². The lowest BCUT2D eigenvalue weighted by atomic mass is 9.80. The maximum Gasteiger partial charge on any atom is 0.317 e. The van der Waals surface area contributed by atoms with Gasteiger partial charge in [-0.3, -0.25) is 0 Å². The topological polar surface area (TPSA) is 58.4 Å². The second kappa shape index (κ2) is 5.35. The van der Waals surface area contributed by atoms with Gasteiger partial charge in [0.1, 0.15) is 0 Å². The van der Waals surface area contributed by atoms with Crippen LogP contribution in [-0.2, 0) is 0 Å². The van der Waals surface area contributed by atoms with E-state index < -0.39 is 0 Å². The number of rotatable bonds is 3. The molecule has 0 spiro atoms. The Labute approximate surface area is 92.2 Å². The first-order valence-electron chi connectivity index (χ1n) is 5.88. The quantitative estimate of drug-likeness (QED) is 0.742. The third-order valence-corrected chi connectivity index (χ3v) is 3.51.